The van der Waals surface area contributed by atoms with Crippen LogP contribution in [0.1, 0.15) is 63.7 Å². The van der Waals surface area contributed by atoms with Crippen LogP contribution in [0.2, 0.25) is 0 Å². The van der Waals surface area contributed by atoms with Crippen molar-refractivity contribution in [3.8, 4) is 11.5 Å². The van der Waals surface area contributed by atoms with Gasteiger partial charge in [0.1, 0.15) is 17.9 Å². The van der Waals surface area contributed by atoms with Gasteiger partial charge >= 0.3 is 0 Å². The van der Waals surface area contributed by atoms with Crippen molar-refractivity contribution in [3.63, 3.8) is 0 Å². The summed E-state index contributed by atoms with van der Waals surface area (Å²) in [5.41, 5.74) is 0.504. The van der Waals surface area contributed by atoms with Gasteiger partial charge in [-0.2, -0.15) is 0 Å². The first-order valence-electron chi connectivity index (χ1n) is 14.4. The van der Waals surface area contributed by atoms with Gasteiger partial charge in [-0.1, -0.05) is 0 Å². The van der Waals surface area contributed by atoms with E-state index in [1.807, 2.05) is 27.7 Å². The quantitative estimate of drug-likeness (QED) is 0.468. The van der Waals surface area contributed by atoms with E-state index >= 15 is 0 Å². The molecule has 3 aliphatic rings. The second-order valence-corrected chi connectivity index (χ2v) is 12.1. The number of hydrogen-bond acceptors (Lipinski definition) is 7. The van der Waals surface area contributed by atoms with Crippen molar-refractivity contribution in [3.05, 3.63) is 42.1 Å². The third-order valence-corrected chi connectivity index (χ3v) is 8.52. The summed E-state index contributed by atoms with van der Waals surface area (Å²) in [6.07, 6.45) is 7.89. The van der Waals surface area contributed by atoms with Gasteiger partial charge in [-0.3, -0.25) is 4.79 Å². The van der Waals surface area contributed by atoms with E-state index in [0.29, 0.717) is 22.7 Å². The van der Waals surface area contributed by atoms with Crippen LogP contribution in [-0.4, -0.2) is 83.7 Å². The molecule has 1 aromatic carbocycles. The van der Waals surface area contributed by atoms with E-state index in [0.717, 1.165) is 45.3 Å². The maximum Gasteiger partial charge on any atom is 0.258 e. The van der Waals surface area contributed by atoms with E-state index in [1.165, 1.54) is 56.8 Å². The van der Waals surface area contributed by atoms with Gasteiger partial charge in [0.25, 0.3) is 5.91 Å². The molecule has 0 N–H and O–H groups in total. The largest absolute Gasteiger partial charge is 0.451 e. The monoisotopic (exact) mass is 539 g/mol. The maximum atomic E-state index is 14.3. The fraction of sp³-hybridized carbons (Fsp3) is 0.633. The number of ether oxygens (including phenoxy) is 2. The fourth-order valence-electron chi connectivity index (χ4n) is 6.43. The van der Waals surface area contributed by atoms with Crippen LogP contribution in [0.25, 0.3) is 0 Å². The molecule has 0 unspecified atom stereocenters. The number of likely N-dealkylation sites (tertiary alicyclic amines) is 1. The Morgan fingerprint density at radius 3 is 2.49 bits per heavy atom. The lowest BCUT2D eigenvalue weighted by Crippen LogP contribution is -2.61. The van der Waals surface area contributed by atoms with Crippen LogP contribution in [0.3, 0.4) is 0 Å². The maximum absolute atomic E-state index is 14.3. The van der Waals surface area contributed by atoms with Crippen LogP contribution < -0.4 is 9.64 Å². The predicted octanol–water partition coefficient (Wildman–Crippen LogP) is 5.00. The van der Waals surface area contributed by atoms with E-state index in [4.69, 9.17) is 9.47 Å². The van der Waals surface area contributed by atoms with Crippen molar-refractivity contribution in [2.75, 3.05) is 50.8 Å². The van der Waals surface area contributed by atoms with Crippen LogP contribution in [0.4, 0.5) is 10.2 Å². The smallest absolute Gasteiger partial charge is 0.258 e. The van der Waals surface area contributed by atoms with Crippen molar-refractivity contribution in [1.29, 1.82) is 0 Å². The lowest BCUT2D eigenvalue weighted by atomic mass is 9.72. The summed E-state index contributed by atoms with van der Waals surface area (Å²) >= 11 is 0. The summed E-state index contributed by atoms with van der Waals surface area (Å²) in [5.74, 6) is 1.53. The molecule has 2 aromatic rings. The van der Waals surface area contributed by atoms with Crippen molar-refractivity contribution < 1.29 is 18.7 Å². The molecular weight excluding hydrogens is 497 g/mol. The summed E-state index contributed by atoms with van der Waals surface area (Å²) in [4.78, 5) is 28.8. The second-order valence-electron chi connectivity index (χ2n) is 12.1. The average Bonchev–Trinajstić information content (AvgIpc) is 2.89. The highest BCUT2D eigenvalue weighted by Crippen LogP contribution is 2.45. The summed E-state index contributed by atoms with van der Waals surface area (Å²) in [6.45, 7) is 15.0. The topological polar surface area (TPSA) is 71.0 Å². The molecule has 0 saturated carbocycles. The minimum absolute atomic E-state index is 0.0374. The van der Waals surface area contributed by atoms with Gasteiger partial charge in [-0.05, 0) is 90.6 Å². The van der Waals surface area contributed by atoms with Crippen LogP contribution in [0.15, 0.2) is 30.7 Å². The predicted molar refractivity (Wildman–Crippen MR) is 149 cm³/mol. The molecule has 3 aliphatic heterocycles. The van der Waals surface area contributed by atoms with Gasteiger partial charge in [0, 0.05) is 50.3 Å². The van der Waals surface area contributed by atoms with E-state index in [-0.39, 0.29) is 23.6 Å². The van der Waals surface area contributed by atoms with Gasteiger partial charge in [0.15, 0.2) is 11.6 Å². The molecule has 3 saturated heterocycles. The number of rotatable bonds is 8. The molecule has 39 heavy (non-hydrogen) atoms. The molecule has 1 spiro atoms. The van der Waals surface area contributed by atoms with Crippen LogP contribution in [0, 0.1) is 17.2 Å². The van der Waals surface area contributed by atoms with Crippen LogP contribution in [-0.2, 0) is 4.74 Å². The fourth-order valence-corrected chi connectivity index (χ4v) is 6.43. The second kappa shape index (κ2) is 11.8. The summed E-state index contributed by atoms with van der Waals surface area (Å²) in [7, 11) is 0. The van der Waals surface area contributed by atoms with E-state index in [1.54, 1.807) is 11.1 Å². The zero-order valence-electron chi connectivity index (χ0n) is 23.7. The Balaban J connectivity index is 1.26. The summed E-state index contributed by atoms with van der Waals surface area (Å²) < 4.78 is 26.1. The minimum Gasteiger partial charge on any atom is -0.451 e. The molecule has 4 heterocycles. The molecule has 9 heteroatoms. The molecule has 5 rings (SSSR count). The SMILES string of the molecule is CC(C)N(C(=O)c1cc(F)ccc1Oc1cncnc1N1CC2(CCN(CC3CCOCC3)CC2)C1)C(C)C. The molecule has 0 bridgehead atoms. The molecule has 1 aromatic heterocycles. The number of benzene rings is 1. The first-order chi connectivity index (χ1) is 18.7. The number of hydrogen-bond donors (Lipinski definition) is 0. The number of halogens is 1. The summed E-state index contributed by atoms with van der Waals surface area (Å²) in [6, 6.07) is 4.02. The number of amides is 1. The molecule has 3 fully saturated rings. The number of carbonyl (C=O) groups excluding carboxylic acids is 1. The minimum atomic E-state index is -0.476. The highest BCUT2D eigenvalue weighted by molar-refractivity contribution is 5.97. The first-order valence-corrected chi connectivity index (χ1v) is 14.4. The van der Waals surface area contributed by atoms with Crippen molar-refractivity contribution >= 4 is 11.7 Å². The lowest BCUT2D eigenvalue weighted by Gasteiger charge is -2.54. The first kappa shape index (κ1) is 27.8. The highest BCUT2D eigenvalue weighted by Gasteiger charge is 2.46. The molecular formula is C30H42FN5O3. The molecule has 0 aliphatic carbocycles. The number of carbonyl (C=O) groups is 1. The Hall–Kier alpha value is -2.78. The van der Waals surface area contributed by atoms with E-state index in [9.17, 15) is 9.18 Å². The zero-order chi connectivity index (χ0) is 27.6. The van der Waals surface area contributed by atoms with Crippen LogP contribution >= 0.6 is 0 Å². The van der Waals surface area contributed by atoms with E-state index in [2.05, 4.69) is 19.8 Å². The van der Waals surface area contributed by atoms with Crippen LogP contribution in [0.5, 0.6) is 11.5 Å². The standard InChI is InChI=1S/C30H42FN5O3/c1-21(2)36(22(3)4)29(37)25-15-24(31)5-6-26(25)39-27-16-32-20-33-28(27)35-18-30(19-35)9-11-34(12-10-30)17-23-7-13-38-14-8-23/h5-6,15-16,20-23H,7-14,17-19H2,1-4H3. The number of anilines is 1. The van der Waals surface area contributed by atoms with Crippen molar-refractivity contribution in [2.45, 2.75) is 65.5 Å². The van der Waals surface area contributed by atoms with Gasteiger partial charge in [-0.15, -0.1) is 0 Å². The zero-order valence-corrected chi connectivity index (χ0v) is 23.7. The molecule has 1 amide bonds. The molecule has 0 radical (unpaired) electrons. The molecule has 212 valence electrons. The third-order valence-electron chi connectivity index (χ3n) is 8.52. The van der Waals surface area contributed by atoms with Gasteiger partial charge < -0.3 is 24.2 Å². The van der Waals surface area contributed by atoms with Gasteiger partial charge in [0.2, 0.25) is 0 Å². The number of aromatic nitrogens is 2. The number of piperidine rings is 1. The number of nitrogens with zero attached hydrogens (tertiary/aromatic N) is 5. The van der Waals surface area contributed by atoms with Gasteiger partial charge in [0.05, 0.1) is 11.8 Å². The highest BCUT2D eigenvalue weighted by atomic mass is 19.1. The van der Waals surface area contributed by atoms with Crippen molar-refractivity contribution in [1.82, 2.24) is 19.8 Å². The normalized spacial score (nSPS) is 19.9. The Labute approximate surface area is 231 Å². The average molecular weight is 540 g/mol. The molecule has 0 atom stereocenters. The Morgan fingerprint density at radius 2 is 1.82 bits per heavy atom. The summed E-state index contributed by atoms with van der Waals surface area (Å²) in [5, 5.41) is 0. The van der Waals surface area contributed by atoms with Gasteiger partial charge in [-0.25, -0.2) is 14.4 Å². The molecule has 8 nitrogen and oxygen atoms in total. The Bertz CT molecular complexity index is 1130. The van der Waals surface area contributed by atoms with Crippen molar-refractivity contribution in [2.24, 2.45) is 11.3 Å². The lowest BCUT2D eigenvalue weighted by molar-refractivity contribution is 0.0296. The third kappa shape index (κ3) is 6.19. The Morgan fingerprint density at radius 1 is 1.13 bits per heavy atom. The van der Waals surface area contributed by atoms with E-state index < -0.39 is 5.82 Å². The Kier molecular flexibility index (Phi) is 8.38.